The Morgan fingerprint density at radius 3 is 2.53 bits per heavy atom. The smallest absolute Gasteiger partial charge is 0.220 e. The van der Waals surface area contributed by atoms with Gasteiger partial charge in [0.1, 0.15) is 11.4 Å². The molecule has 2 rings (SSSR count). The van der Waals surface area contributed by atoms with E-state index in [0.29, 0.717) is 11.6 Å². The summed E-state index contributed by atoms with van der Waals surface area (Å²) in [6.07, 6.45) is 5.24. The molecule has 0 aliphatic heterocycles. The van der Waals surface area contributed by atoms with Gasteiger partial charge in [-0.25, -0.2) is 4.98 Å². The van der Waals surface area contributed by atoms with Gasteiger partial charge >= 0.3 is 0 Å². The van der Waals surface area contributed by atoms with E-state index in [4.69, 9.17) is 11.2 Å². The Morgan fingerprint density at radius 2 is 1.80 bits per heavy atom. The minimum Gasteiger partial charge on any atom is -0.439 e. The summed E-state index contributed by atoms with van der Waals surface area (Å²) < 4.78 is 5.51. The molecule has 0 aliphatic rings. The number of nitrogens with zero attached hydrogens (tertiary/aromatic N) is 1. The van der Waals surface area contributed by atoms with E-state index in [9.17, 15) is 0 Å². The largest absolute Gasteiger partial charge is 0.439 e. The van der Waals surface area contributed by atoms with Crippen molar-refractivity contribution in [3.8, 4) is 24.0 Å². The van der Waals surface area contributed by atoms with Crippen LogP contribution in [0, 0.1) is 12.3 Å². The summed E-state index contributed by atoms with van der Waals surface area (Å²) in [6, 6.07) is 14.8. The monoisotopic (exact) mass is 195 g/mol. The van der Waals surface area contributed by atoms with E-state index >= 15 is 0 Å². The van der Waals surface area contributed by atoms with Gasteiger partial charge in [0.15, 0.2) is 0 Å². The number of hydrogen-bond donors (Lipinski definition) is 0. The fraction of sp³-hybridized carbons (Fsp3) is 0. The molecule has 0 N–H and O–H groups in total. The van der Waals surface area contributed by atoms with Gasteiger partial charge in [0.25, 0.3) is 0 Å². The Hall–Kier alpha value is -2.27. The second-order valence-electron chi connectivity index (χ2n) is 2.92. The predicted octanol–water partition coefficient (Wildman–Crippen LogP) is 2.86. The van der Waals surface area contributed by atoms with E-state index in [0.717, 1.165) is 5.75 Å². The quantitative estimate of drug-likeness (QED) is 0.687. The molecule has 0 atom stereocenters. The second kappa shape index (κ2) is 4.30. The zero-order valence-electron chi connectivity index (χ0n) is 8.05. The van der Waals surface area contributed by atoms with E-state index in [2.05, 4.69) is 10.9 Å². The second-order valence-corrected chi connectivity index (χ2v) is 2.92. The Kier molecular flexibility index (Phi) is 2.66. The number of rotatable bonds is 2. The minimum absolute atomic E-state index is 0.511. The first-order valence-corrected chi connectivity index (χ1v) is 4.55. The van der Waals surface area contributed by atoms with Crippen LogP contribution in [0.2, 0.25) is 0 Å². The summed E-state index contributed by atoms with van der Waals surface area (Å²) in [5, 5.41) is 0. The maximum absolute atomic E-state index is 5.51. The normalized spacial score (nSPS) is 9.27. The molecule has 0 saturated carbocycles. The first-order chi connectivity index (χ1) is 7.38. The van der Waals surface area contributed by atoms with Crippen molar-refractivity contribution in [2.45, 2.75) is 0 Å². The van der Waals surface area contributed by atoms with Crippen LogP contribution in [0.5, 0.6) is 11.6 Å². The van der Waals surface area contributed by atoms with Crippen molar-refractivity contribution in [2.24, 2.45) is 0 Å². The summed E-state index contributed by atoms with van der Waals surface area (Å²) in [5.74, 6) is 3.72. The number of benzene rings is 1. The van der Waals surface area contributed by atoms with Gasteiger partial charge in [-0.2, -0.15) is 0 Å². The highest BCUT2D eigenvalue weighted by atomic mass is 16.5. The number of para-hydroxylation sites is 1. The van der Waals surface area contributed by atoms with Crippen molar-refractivity contribution >= 4 is 0 Å². The maximum Gasteiger partial charge on any atom is 0.220 e. The molecular formula is C13H9NO. The van der Waals surface area contributed by atoms with Crippen molar-refractivity contribution in [1.82, 2.24) is 4.98 Å². The molecule has 1 aromatic carbocycles. The maximum atomic E-state index is 5.51. The van der Waals surface area contributed by atoms with Gasteiger partial charge in [-0.3, -0.25) is 0 Å². The van der Waals surface area contributed by atoms with Crippen molar-refractivity contribution in [1.29, 1.82) is 0 Å². The Balaban J connectivity index is 2.22. The molecule has 0 bridgehead atoms. The number of ether oxygens (including phenoxy) is 1. The summed E-state index contributed by atoms with van der Waals surface area (Å²) >= 11 is 0. The molecule has 2 nitrogen and oxygen atoms in total. The molecule has 72 valence electrons. The molecule has 15 heavy (non-hydrogen) atoms. The molecule has 0 radical (unpaired) electrons. The fourth-order valence-corrected chi connectivity index (χ4v) is 1.16. The Bertz CT molecular complexity index is 485. The lowest BCUT2D eigenvalue weighted by Gasteiger charge is -2.03. The number of pyridine rings is 1. The highest BCUT2D eigenvalue weighted by Gasteiger charge is 1.97. The van der Waals surface area contributed by atoms with Crippen LogP contribution in [-0.2, 0) is 0 Å². The van der Waals surface area contributed by atoms with E-state index in [-0.39, 0.29) is 0 Å². The van der Waals surface area contributed by atoms with E-state index < -0.39 is 0 Å². The average molecular weight is 195 g/mol. The van der Waals surface area contributed by atoms with E-state index in [1.54, 1.807) is 12.1 Å². The third-order valence-electron chi connectivity index (χ3n) is 1.84. The van der Waals surface area contributed by atoms with Crippen molar-refractivity contribution < 1.29 is 4.74 Å². The van der Waals surface area contributed by atoms with Crippen LogP contribution in [-0.4, -0.2) is 4.98 Å². The SMILES string of the molecule is C#Cc1cccc(Oc2ccccc2)n1. The molecule has 0 aliphatic carbocycles. The molecule has 0 amide bonds. The van der Waals surface area contributed by atoms with E-state index in [1.165, 1.54) is 0 Å². The Labute approximate surface area is 88.6 Å². The molecule has 1 aromatic heterocycles. The average Bonchev–Trinajstić information content (AvgIpc) is 2.31. The number of aromatic nitrogens is 1. The molecule has 1 heterocycles. The lowest BCUT2D eigenvalue weighted by molar-refractivity contribution is 0.462. The van der Waals surface area contributed by atoms with Gasteiger partial charge in [0.05, 0.1) is 0 Å². The van der Waals surface area contributed by atoms with Gasteiger partial charge in [-0.05, 0) is 18.2 Å². The molecule has 0 spiro atoms. The van der Waals surface area contributed by atoms with Gasteiger partial charge in [-0.15, -0.1) is 6.42 Å². The summed E-state index contributed by atoms with van der Waals surface area (Å²) in [4.78, 5) is 4.13. The van der Waals surface area contributed by atoms with Gasteiger partial charge in [-0.1, -0.05) is 30.2 Å². The highest BCUT2D eigenvalue weighted by molar-refractivity contribution is 5.31. The summed E-state index contributed by atoms with van der Waals surface area (Å²) in [6.45, 7) is 0. The zero-order chi connectivity index (χ0) is 10.5. The number of hydrogen-bond acceptors (Lipinski definition) is 2. The lowest BCUT2D eigenvalue weighted by atomic mass is 10.3. The zero-order valence-corrected chi connectivity index (χ0v) is 8.05. The molecular weight excluding hydrogens is 186 g/mol. The third-order valence-corrected chi connectivity index (χ3v) is 1.84. The fourth-order valence-electron chi connectivity index (χ4n) is 1.16. The minimum atomic E-state index is 0.511. The number of terminal acetylenes is 1. The van der Waals surface area contributed by atoms with Crippen LogP contribution >= 0.6 is 0 Å². The first-order valence-electron chi connectivity index (χ1n) is 4.55. The first kappa shape index (κ1) is 9.29. The predicted molar refractivity (Wildman–Crippen MR) is 58.7 cm³/mol. The van der Waals surface area contributed by atoms with E-state index in [1.807, 2.05) is 36.4 Å². The van der Waals surface area contributed by atoms with Gasteiger partial charge in [0, 0.05) is 6.07 Å². The molecule has 0 unspecified atom stereocenters. The highest BCUT2D eigenvalue weighted by Crippen LogP contribution is 2.18. The van der Waals surface area contributed by atoms with Crippen molar-refractivity contribution in [2.75, 3.05) is 0 Å². The van der Waals surface area contributed by atoms with Crippen LogP contribution in [0.15, 0.2) is 48.5 Å². The van der Waals surface area contributed by atoms with Crippen LogP contribution in [0.3, 0.4) is 0 Å². The topological polar surface area (TPSA) is 22.1 Å². The van der Waals surface area contributed by atoms with Crippen LogP contribution in [0.1, 0.15) is 5.69 Å². The molecule has 0 fully saturated rings. The third kappa shape index (κ3) is 2.35. The standard InChI is InChI=1S/C13H9NO/c1-2-11-7-6-10-13(14-11)15-12-8-4-3-5-9-12/h1,3-10H. The van der Waals surface area contributed by atoms with Crippen LogP contribution in [0.4, 0.5) is 0 Å². The van der Waals surface area contributed by atoms with Crippen molar-refractivity contribution in [3.05, 3.63) is 54.2 Å². The summed E-state index contributed by atoms with van der Waals surface area (Å²) in [5.41, 5.74) is 0.573. The molecule has 2 aromatic rings. The molecule has 0 saturated heterocycles. The van der Waals surface area contributed by atoms with Gasteiger partial charge in [0.2, 0.25) is 5.88 Å². The lowest BCUT2D eigenvalue weighted by Crippen LogP contribution is -1.89. The van der Waals surface area contributed by atoms with Crippen LogP contribution in [0.25, 0.3) is 0 Å². The Morgan fingerprint density at radius 1 is 1.00 bits per heavy atom. The van der Waals surface area contributed by atoms with Gasteiger partial charge < -0.3 is 4.74 Å². The van der Waals surface area contributed by atoms with Crippen molar-refractivity contribution in [3.63, 3.8) is 0 Å². The molecule has 2 heteroatoms. The summed E-state index contributed by atoms with van der Waals surface area (Å²) in [7, 11) is 0. The van der Waals surface area contributed by atoms with Crippen LogP contribution < -0.4 is 4.74 Å².